The van der Waals surface area contributed by atoms with Crippen molar-refractivity contribution in [2.45, 2.75) is 13.5 Å². The SMILES string of the molecule is Cc1csc(COc2cc(Br)ccc2C(=O)O)n1. The van der Waals surface area contributed by atoms with Gasteiger partial charge in [0.25, 0.3) is 0 Å². The molecule has 1 aromatic heterocycles. The number of rotatable bonds is 4. The fourth-order valence-corrected chi connectivity index (χ4v) is 2.42. The number of nitrogens with zero attached hydrogens (tertiary/aromatic N) is 1. The number of thiazole rings is 1. The average molecular weight is 328 g/mol. The number of carboxylic acid groups (broad SMARTS) is 1. The molecule has 0 radical (unpaired) electrons. The maximum Gasteiger partial charge on any atom is 0.339 e. The summed E-state index contributed by atoms with van der Waals surface area (Å²) in [7, 11) is 0. The molecule has 0 atom stereocenters. The van der Waals surface area contributed by atoms with Crippen molar-refractivity contribution < 1.29 is 14.6 Å². The molecule has 2 rings (SSSR count). The second-order valence-electron chi connectivity index (χ2n) is 3.62. The third-order valence-electron chi connectivity index (χ3n) is 2.19. The van der Waals surface area contributed by atoms with Gasteiger partial charge in [-0.1, -0.05) is 15.9 Å². The molecule has 1 aromatic carbocycles. The largest absolute Gasteiger partial charge is 0.485 e. The van der Waals surface area contributed by atoms with E-state index in [-0.39, 0.29) is 12.2 Å². The normalized spacial score (nSPS) is 10.3. The summed E-state index contributed by atoms with van der Waals surface area (Å²) in [4.78, 5) is 15.3. The number of carbonyl (C=O) groups is 1. The van der Waals surface area contributed by atoms with Crippen molar-refractivity contribution in [1.29, 1.82) is 0 Å². The number of aromatic carboxylic acids is 1. The van der Waals surface area contributed by atoms with E-state index in [1.807, 2.05) is 12.3 Å². The number of hydrogen-bond donors (Lipinski definition) is 1. The summed E-state index contributed by atoms with van der Waals surface area (Å²) in [6, 6.07) is 4.82. The van der Waals surface area contributed by atoms with E-state index in [1.165, 1.54) is 17.4 Å². The molecule has 0 aliphatic carbocycles. The topological polar surface area (TPSA) is 59.4 Å². The van der Waals surface area contributed by atoms with Crippen LogP contribution in [-0.2, 0) is 6.61 Å². The fourth-order valence-electron chi connectivity index (χ4n) is 1.40. The molecular formula is C12H10BrNO3S. The van der Waals surface area contributed by atoms with E-state index in [4.69, 9.17) is 9.84 Å². The zero-order valence-electron chi connectivity index (χ0n) is 9.51. The molecular weight excluding hydrogens is 318 g/mol. The molecule has 0 saturated carbocycles. The molecule has 4 nitrogen and oxygen atoms in total. The van der Waals surface area contributed by atoms with Crippen molar-refractivity contribution in [3.05, 3.63) is 44.3 Å². The van der Waals surface area contributed by atoms with Crippen LogP contribution in [0.2, 0.25) is 0 Å². The van der Waals surface area contributed by atoms with Crippen molar-refractivity contribution in [1.82, 2.24) is 4.98 Å². The Bertz CT molecular complexity index is 582. The van der Waals surface area contributed by atoms with E-state index in [2.05, 4.69) is 20.9 Å². The Balaban J connectivity index is 2.17. The quantitative estimate of drug-likeness (QED) is 0.933. The van der Waals surface area contributed by atoms with Gasteiger partial charge in [-0.3, -0.25) is 0 Å². The Labute approximate surface area is 116 Å². The summed E-state index contributed by atoms with van der Waals surface area (Å²) < 4.78 is 6.29. The first-order chi connectivity index (χ1) is 8.56. The van der Waals surface area contributed by atoms with Gasteiger partial charge in [0.05, 0.1) is 0 Å². The third kappa shape index (κ3) is 3.08. The number of carboxylic acids is 1. The molecule has 18 heavy (non-hydrogen) atoms. The molecule has 1 heterocycles. The van der Waals surface area contributed by atoms with E-state index in [1.54, 1.807) is 12.1 Å². The molecule has 0 bridgehead atoms. The zero-order chi connectivity index (χ0) is 13.1. The summed E-state index contributed by atoms with van der Waals surface area (Å²) in [5.41, 5.74) is 1.08. The first-order valence-electron chi connectivity index (χ1n) is 5.13. The predicted octanol–water partition coefficient (Wildman–Crippen LogP) is 3.49. The van der Waals surface area contributed by atoms with Crippen LogP contribution in [0.15, 0.2) is 28.1 Å². The maximum absolute atomic E-state index is 11.0. The van der Waals surface area contributed by atoms with Gasteiger partial charge >= 0.3 is 5.97 Å². The van der Waals surface area contributed by atoms with Crippen LogP contribution in [0.25, 0.3) is 0 Å². The van der Waals surface area contributed by atoms with Gasteiger partial charge in [-0.25, -0.2) is 9.78 Å². The van der Waals surface area contributed by atoms with Crippen LogP contribution in [0.4, 0.5) is 0 Å². The number of benzene rings is 1. The molecule has 0 fully saturated rings. The van der Waals surface area contributed by atoms with Crippen molar-refractivity contribution in [3.8, 4) is 5.75 Å². The zero-order valence-corrected chi connectivity index (χ0v) is 11.9. The summed E-state index contributed by atoms with van der Waals surface area (Å²) in [6.45, 7) is 2.18. The van der Waals surface area contributed by atoms with Crippen LogP contribution in [0.5, 0.6) is 5.75 Å². The molecule has 0 aliphatic heterocycles. The summed E-state index contributed by atoms with van der Waals surface area (Å²) in [5, 5.41) is 11.8. The summed E-state index contributed by atoms with van der Waals surface area (Å²) in [6.07, 6.45) is 0. The lowest BCUT2D eigenvalue weighted by atomic mass is 10.2. The second kappa shape index (κ2) is 5.49. The number of ether oxygens (including phenoxy) is 1. The van der Waals surface area contributed by atoms with Gasteiger partial charge in [0.15, 0.2) is 0 Å². The van der Waals surface area contributed by atoms with Crippen LogP contribution >= 0.6 is 27.3 Å². The Morgan fingerprint density at radius 2 is 2.33 bits per heavy atom. The Morgan fingerprint density at radius 3 is 2.94 bits per heavy atom. The van der Waals surface area contributed by atoms with E-state index in [0.29, 0.717) is 5.75 Å². The molecule has 0 amide bonds. The second-order valence-corrected chi connectivity index (χ2v) is 5.48. The molecule has 0 saturated heterocycles. The molecule has 6 heteroatoms. The Morgan fingerprint density at radius 1 is 1.56 bits per heavy atom. The maximum atomic E-state index is 11.0. The van der Waals surface area contributed by atoms with Crippen molar-refractivity contribution in [2.75, 3.05) is 0 Å². The average Bonchev–Trinajstić information content (AvgIpc) is 2.72. The van der Waals surface area contributed by atoms with E-state index < -0.39 is 5.97 Å². The van der Waals surface area contributed by atoms with Crippen LogP contribution in [0.3, 0.4) is 0 Å². The van der Waals surface area contributed by atoms with Crippen LogP contribution < -0.4 is 4.74 Å². The smallest absolute Gasteiger partial charge is 0.339 e. The van der Waals surface area contributed by atoms with Gasteiger partial charge in [-0.2, -0.15) is 0 Å². The molecule has 1 N–H and O–H groups in total. The van der Waals surface area contributed by atoms with Gasteiger partial charge in [0.2, 0.25) is 0 Å². The first-order valence-corrected chi connectivity index (χ1v) is 6.80. The van der Waals surface area contributed by atoms with Crippen LogP contribution in [0, 0.1) is 6.92 Å². The molecule has 2 aromatic rings. The molecule has 0 aliphatic rings. The Hall–Kier alpha value is -1.40. The highest BCUT2D eigenvalue weighted by molar-refractivity contribution is 9.10. The predicted molar refractivity (Wildman–Crippen MR) is 72.3 cm³/mol. The summed E-state index contributed by atoms with van der Waals surface area (Å²) in [5.74, 6) is -0.669. The fraction of sp³-hybridized carbons (Fsp3) is 0.167. The molecule has 0 spiro atoms. The highest BCUT2D eigenvalue weighted by Crippen LogP contribution is 2.25. The van der Waals surface area contributed by atoms with Crippen molar-refractivity contribution >= 4 is 33.2 Å². The number of aromatic nitrogens is 1. The minimum Gasteiger partial charge on any atom is -0.485 e. The number of hydrogen-bond acceptors (Lipinski definition) is 4. The minimum absolute atomic E-state index is 0.145. The van der Waals surface area contributed by atoms with Gasteiger partial charge in [-0.15, -0.1) is 11.3 Å². The lowest BCUT2D eigenvalue weighted by Gasteiger charge is -2.08. The number of halogens is 1. The lowest BCUT2D eigenvalue weighted by molar-refractivity contribution is 0.0691. The van der Waals surface area contributed by atoms with E-state index in [0.717, 1.165) is 15.2 Å². The van der Waals surface area contributed by atoms with Gasteiger partial charge < -0.3 is 9.84 Å². The van der Waals surface area contributed by atoms with Gasteiger partial charge in [-0.05, 0) is 25.1 Å². The highest BCUT2D eigenvalue weighted by Gasteiger charge is 2.12. The van der Waals surface area contributed by atoms with Gasteiger partial charge in [0, 0.05) is 15.5 Å². The lowest BCUT2D eigenvalue weighted by Crippen LogP contribution is -2.03. The minimum atomic E-state index is -1.01. The summed E-state index contributed by atoms with van der Waals surface area (Å²) >= 11 is 4.78. The third-order valence-corrected chi connectivity index (χ3v) is 3.63. The monoisotopic (exact) mass is 327 g/mol. The molecule has 94 valence electrons. The van der Waals surface area contributed by atoms with Crippen LogP contribution in [-0.4, -0.2) is 16.1 Å². The Kier molecular flexibility index (Phi) is 3.98. The van der Waals surface area contributed by atoms with Crippen molar-refractivity contribution in [3.63, 3.8) is 0 Å². The highest BCUT2D eigenvalue weighted by atomic mass is 79.9. The van der Waals surface area contributed by atoms with Gasteiger partial charge in [0.1, 0.15) is 22.9 Å². The first kappa shape index (κ1) is 13.0. The van der Waals surface area contributed by atoms with E-state index >= 15 is 0 Å². The molecule has 0 unspecified atom stereocenters. The number of aryl methyl sites for hydroxylation is 1. The van der Waals surface area contributed by atoms with Crippen molar-refractivity contribution in [2.24, 2.45) is 0 Å². The standard InChI is InChI=1S/C12H10BrNO3S/c1-7-6-18-11(14-7)5-17-10-4-8(13)2-3-9(10)12(15)16/h2-4,6H,5H2,1H3,(H,15,16). The van der Waals surface area contributed by atoms with Crippen LogP contribution in [0.1, 0.15) is 21.1 Å². The van der Waals surface area contributed by atoms with E-state index in [9.17, 15) is 4.79 Å².